The summed E-state index contributed by atoms with van der Waals surface area (Å²) in [6, 6.07) is 8.08. The monoisotopic (exact) mass is 379 g/mol. The number of nitrogens with zero attached hydrogens (tertiary/aromatic N) is 3. The number of aromatic nitrogens is 3. The van der Waals surface area contributed by atoms with Crippen molar-refractivity contribution in [1.82, 2.24) is 19.3 Å². The average molecular weight is 380 g/mol. The summed E-state index contributed by atoms with van der Waals surface area (Å²) >= 11 is 6.15. The molecule has 0 bridgehead atoms. The van der Waals surface area contributed by atoms with Crippen LogP contribution in [0.15, 0.2) is 41.4 Å². The number of hydrogen-bond donors (Lipinski definition) is 2. The highest BCUT2D eigenvalue weighted by molar-refractivity contribution is 7.89. The molecule has 0 unspecified atom stereocenters. The number of sulfonamides is 1. The van der Waals surface area contributed by atoms with Crippen molar-refractivity contribution in [3.63, 3.8) is 0 Å². The predicted molar refractivity (Wildman–Crippen MR) is 98.1 cm³/mol. The quantitative estimate of drug-likeness (QED) is 0.665. The Hall–Kier alpha value is -2.16. The molecule has 0 aliphatic heterocycles. The maximum absolute atomic E-state index is 11.8. The first kappa shape index (κ1) is 17.7. The smallest absolute Gasteiger partial charge is 0.240 e. The molecule has 7 nitrogen and oxygen atoms in total. The number of halogens is 1. The fourth-order valence-electron chi connectivity index (χ4n) is 2.43. The number of fused-ring (bicyclic) bond motifs is 1. The Morgan fingerprint density at radius 3 is 2.48 bits per heavy atom. The van der Waals surface area contributed by atoms with Crippen LogP contribution in [0.5, 0.6) is 0 Å². The van der Waals surface area contributed by atoms with Gasteiger partial charge < -0.3 is 5.32 Å². The predicted octanol–water partition coefficient (Wildman–Crippen LogP) is 3.16. The number of hydrogen-bond acceptors (Lipinski definition) is 5. The van der Waals surface area contributed by atoms with Crippen molar-refractivity contribution in [1.29, 1.82) is 0 Å². The molecule has 2 N–H and O–H groups in total. The van der Waals surface area contributed by atoms with Crippen LogP contribution in [0.4, 0.5) is 11.5 Å². The second-order valence-corrected chi connectivity index (χ2v) is 8.08. The van der Waals surface area contributed by atoms with Gasteiger partial charge in [-0.3, -0.25) is 0 Å². The van der Waals surface area contributed by atoms with Gasteiger partial charge >= 0.3 is 0 Å². The van der Waals surface area contributed by atoms with E-state index in [9.17, 15) is 8.42 Å². The minimum atomic E-state index is -3.46. The van der Waals surface area contributed by atoms with Crippen molar-refractivity contribution in [2.24, 2.45) is 0 Å². The Morgan fingerprint density at radius 2 is 1.88 bits per heavy atom. The van der Waals surface area contributed by atoms with E-state index in [-0.39, 0.29) is 10.8 Å². The lowest BCUT2D eigenvalue weighted by molar-refractivity contribution is 0.588. The van der Waals surface area contributed by atoms with Gasteiger partial charge in [0.15, 0.2) is 5.65 Å². The summed E-state index contributed by atoms with van der Waals surface area (Å²) in [5.74, 6) is 0.911. The van der Waals surface area contributed by atoms with Gasteiger partial charge in [0.05, 0.1) is 11.1 Å². The second-order valence-electron chi connectivity index (χ2n) is 5.81. The van der Waals surface area contributed by atoms with Crippen LogP contribution in [0.3, 0.4) is 0 Å². The minimum absolute atomic E-state index is 0.194. The molecule has 3 rings (SSSR count). The van der Waals surface area contributed by atoms with Gasteiger partial charge in [0.1, 0.15) is 11.0 Å². The molecule has 0 aliphatic carbocycles. The molecule has 132 valence electrons. The van der Waals surface area contributed by atoms with E-state index < -0.39 is 10.0 Å². The van der Waals surface area contributed by atoms with E-state index in [1.54, 1.807) is 28.9 Å². The number of anilines is 2. The molecule has 3 aromatic rings. The van der Waals surface area contributed by atoms with E-state index in [0.29, 0.717) is 22.3 Å². The van der Waals surface area contributed by atoms with Gasteiger partial charge in [-0.1, -0.05) is 25.4 Å². The Bertz CT molecular complexity index is 1010. The van der Waals surface area contributed by atoms with Gasteiger partial charge in [-0.2, -0.15) is 9.61 Å². The first-order valence-corrected chi connectivity index (χ1v) is 9.53. The fourth-order valence-corrected chi connectivity index (χ4v) is 3.34. The molecule has 0 saturated heterocycles. The minimum Gasteiger partial charge on any atom is -0.340 e. The van der Waals surface area contributed by atoms with E-state index in [4.69, 9.17) is 11.6 Å². The lowest BCUT2D eigenvalue weighted by Gasteiger charge is -2.10. The number of nitrogens with one attached hydrogen (secondary N) is 2. The molecular formula is C16H18ClN5O2S. The van der Waals surface area contributed by atoms with Gasteiger partial charge in [0, 0.05) is 17.3 Å². The van der Waals surface area contributed by atoms with Gasteiger partial charge in [-0.05, 0) is 37.2 Å². The molecule has 0 fully saturated rings. The van der Waals surface area contributed by atoms with Gasteiger partial charge in [0.25, 0.3) is 0 Å². The standard InChI is InChI=1S/C16H18ClN5O2S/c1-10(2)13-9-19-22-15(8-14(17)21-16(13)22)20-11-4-6-12(7-5-11)25(23,24)18-3/h4-10,18,20H,1-3H3. The Labute approximate surface area is 151 Å². The Balaban J connectivity index is 1.98. The SMILES string of the molecule is CNS(=O)(=O)c1ccc(Nc2cc(Cl)nc3c(C(C)C)cnn23)cc1. The summed E-state index contributed by atoms with van der Waals surface area (Å²) in [5.41, 5.74) is 2.40. The molecule has 0 spiro atoms. The highest BCUT2D eigenvalue weighted by Crippen LogP contribution is 2.26. The van der Waals surface area contributed by atoms with Crippen LogP contribution in [-0.4, -0.2) is 30.1 Å². The second kappa shape index (κ2) is 6.62. The zero-order valence-electron chi connectivity index (χ0n) is 14.0. The van der Waals surface area contributed by atoms with Crippen molar-refractivity contribution in [2.45, 2.75) is 24.7 Å². The lowest BCUT2D eigenvalue weighted by atomic mass is 10.1. The van der Waals surface area contributed by atoms with Crippen LogP contribution in [0.1, 0.15) is 25.3 Å². The lowest BCUT2D eigenvalue weighted by Crippen LogP contribution is -2.18. The largest absolute Gasteiger partial charge is 0.340 e. The summed E-state index contributed by atoms with van der Waals surface area (Å²) < 4.78 is 27.5. The molecular weight excluding hydrogens is 362 g/mol. The van der Waals surface area contributed by atoms with Gasteiger partial charge in [-0.25, -0.2) is 18.1 Å². The molecule has 9 heteroatoms. The molecule has 0 amide bonds. The zero-order valence-corrected chi connectivity index (χ0v) is 15.6. The van der Waals surface area contributed by atoms with Crippen LogP contribution in [0, 0.1) is 0 Å². The molecule has 1 aromatic carbocycles. The van der Waals surface area contributed by atoms with Crippen molar-refractivity contribution in [3.8, 4) is 0 Å². The van der Waals surface area contributed by atoms with Crippen LogP contribution in [-0.2, 0) is 10.0 Å². The molecule has 0 aliphatic rings. The third-order valence-corrected chi connectivity index (χ3v) is 5.42. The third kappa shape index (κ3) is 3.46. The van der Waals surface area contributed by atoms with E-state index >= 15 is 0 Å². The van der Waals surface area contributed by atoms with Crippen LogP contribution in [0.2, 0.25) is 5.15 Å². The maximum Gasteiger partial charge on any atom is 0.240 e. The summed E-state index contributed by atoms with van der Waals surface area (Å²) in [5, 5.41) is 7.93. The molecule has 0 saturated carbocycles. The molecule has 2 aromatic heterocycles. The van der Waals surface area contributed by atoms with Crippen molar-refractivity contribution < 1.29 is 8.42 Å². The summed E-state index contributed by atoms with van der Waals surface area (Å²) in [4.78, 5) is 4.55. The van der Waals surface area contributed by atoms with Gasteiger partial charge in [-0.15, -0.1) is 0 Å². The molecule has 0 atom stereocenters. The normalized spacial score (nSPS) is 12.0. The number of rotatable bonds is 5. The maximum atomic E-state index is 11.8. The Kier molecular flexibility index (Phi) is 4.68. The van der Waals surface area contributed by atoms with Crippen LogP contribution >= 0.6 is 11.6 Å². The van der Waals surface area contributed by atoms with Crippen molar-refractivity contribution in [2.75, 3.05) is 12.4 Å². The Morgan fingerprint density at radius 1 is 1.20 bits per heavy atom. The van der Waals surface area contributed by atoms with E-state index in [1.807, 2.05) is 0 Å². The number of benzene rings is 1. The van der Waals surface area contributed by atoms with Crippen LogP contribution in [0.25, 0.3) is 5.65 Å². The van der Waals surface area contributed by atoms with E-state index in [1.165, 1.54) is 19.2 Å². The topological polar surface area (TPSA) is 88.4 Å². The summed E-state index contributed by atoms with van der Waals surface area (Å²) in [6.07, 6.45) is 1.77. The summed E-state index contributed by atoms with van der Waals surface area (Å²) in [7, 11) is -2.09. The van der Waals surface area contributed by atoms with E-state index in [2.05, 4.69) is 34.0 Å². The van der Waals surface area contributed by atoms with Crippen molar-refractivity contribution >= 4 is 38.8 Å². The third-order valence-electron chi connectivity index (χ3n) is 3.80. The molecule has 2 heterocycles. The zero-order chi connectivity index (χ0) is 18.2. The molecule has 0 radical (unpaired) electrons. The summed E-state index contributed by atoms with van der Waals surface area (Å²) in [6.45, 7) is 4.13. The first-order chi connectivity index (χ1) is 11.8. The van der Waals surface area contributed by atoms with Crippen molar-refractivity contribution in [3.05, 3.63) is 47.2 Å². The van der Waals surface area contributed by atoms with Gasteiger partial charge in [0.2, 0.25) is 10.0 Å². The van der Waals surface area contributed by atoms with E-state index in [0.717, 1.165) is 5.56 Å². The highest BCUT2D eigenvalue weighted by atomic mass is 35.5. The molecule has 25 heavy (non-hydrogen) atoms. The fraction of sp³-hybridized carbons (Fsp3) is 0.250. The van der Waals surface area contributed by atoms with Crippen LogP contribution < -0.4 is 10.0 Å². The highest BCUT2D eigenvalue weighted by Gasteiger charge is 2.14. The first-order valence-electron chi connectivity index (χ1n) is 7.66. The average Bonchev–Trinajstić information content (AvgIpc) is 2.99.